The molecule has 0 aliphatic rings. The normalized spacial score (nSPS) is 12.9. The minimum atomic E-state index is -2.56. The maximum Gasteiger partial charge on any atom is 0.319 e. The summed E-state index contributed by atoms with van der Waals surface area (Å²) in [5.41, 5.74) is 1.08. The number of alkyl halides is 2. The van der Waals surface area contributed by atoms with Gasteiger partial charge in [0.2, 0.25) is 0 Å². The monoisotopic (exact) mass is 329 g/mol. The number of nitrogens with one attached hydrogen (secondary N) is 1. The molecular formula is C13H14BrF2N3. The van der Waals surface area contributed by atoms with E-state index in [1.54, 1.807) is 0 Å². The molecule has 0 saturated carbocycles. The Labute approximate surface area is 118 Å². The van der Waals surface area contributed by atoms with Gasteiger partial charge in [0.15, 0.2) is 0 Å². The van der Waals surface area contributed by atoms with Crippen LogP contribution in [-0.4, -0.2) is 9.55 Å². The first-order valence-electron chi connectivity index (χ1n) is 5.87. The first kappa shape index (κ1) is 14.1. The van der Waals surface area contributed by atoms with E-state index >= 15 is 0 Å². The highest BCUT2D eigenvalue weighted by Gasteiger charge is 2.13. The van der Waals surface area contributed by atoms with Crippen LogP contribution in [0.4, 0.5) is 8.78 Å². The molecule has 6 heteroatoms. The average molecular weight is 330 g/mol. The first-order valence-corrected chi connectivity index (χ1v) is 6.66. The lowest BCUT2D eigenvalue weighted by Gasteiger charge is -2.16. The smallest absolute Gasteiger partial charge is 0.303 e. The summed E-state index contributed by atoms with van der Waals surface area (Å²) in [5, 5.41) is 3.19. The third-order valence-electron chi connectivity index (χ3n) is 2.90. The van der Waals surface area contributed by atoms with Crippen LogP contribution in [0.1, 0.15) is 30.9 Å². The first-order chi connectivity index (χ1) is 9.09. The molecule has 102 valence electrons. The SMILES string of the molecule is C[C@H](NCc1nccn1C(F)F)c1ccccc1Br. The fourth-order valence-corrected chi connectivity index (χ4v) is 2.47. The molecule has 1 aromatic heterocycles. The third-order valence-corrected chi connectivity index (χ3v) is 3.62. The molecule has 0 aliphatic heterocycles. The van der Waals surface area contributed by atoms with Gasteiger partial charge in [0, 0.05) is 22.9 Å². The fraction of sp³-hybridized carbons (Fsp3) is 0.308. The van der Waals surface area contributed by atoms with Crippen LogP contribution in [-0.2, 0) is 6.54 Å². The molecule has 0 aliphatic carbocycles. The van der Waals surface area contributed by atoms with Crippen molar-refractivity contribution < 1.29 is 8.78 Å². The summed E-state index contributed by atoms with van der Waals surface area (Å²) in [5.74, 6) is 0.328. The van der Waals surface area contributed by atoms with Gasteiger partial charge < -0.3 is 5.32 Å². The highest BCUT2D eigenvalue weighted by Crippen LogP contribution is 2.23. The number of hydrogen-bond donors (Lipinski definition) is 1. The summed E-state index contributed by atoms with van der Waals surface area (Å²) >= 11 is 3.47. The number of aromatic nitrogens is 2. The Balaban J connectivity index is 2.03. The summed E-state index contributed by atoms with van der Waals surface area (Å²) in [6.07, 6.45) is 2.66. The number of benzene rings is 1. The molecule has 1 aromatic carbocycles. The van der Waals surface area contributed by atoms with Crippen LogP contribution in [0, 0.1) is 0 Å². The summed E-state index contributed by atoms with van der Waals surface area (Å²) in [7, 11) is 0. The molecular weight excluding hydrogens is 316 g/mol. The van der Waals surface area contributed by atoms with Gasteiger partial charge in [-0.05, 0) is 18.6 Å². The van der Waals surface area contributed by atoms with Crippen molar-refractivity contribution in [2.24, 2.45) is 0 Å². The lowest BCUT2D eigenvalue weighted by atomic mass is 10.1. The lowest BCUT2D eigenvalue weighted by Crippen LogP contribution is -2.21. The summed E-state index contributed by atoms with van der Waals surface area (Å²) < 4.78 is 27.2. The van der Waals surface area contributed by atoms with Gasteiger partial charge in [0.05, 0.1) is 6.54 Å². The molecule has 1 atom stereocenters. The number of hydrogen-bond acceptors (Lipinski definition) is 2. The Kier molecular flexibility index (Phi) is 4.66. The van der Waals surface area contributed by atoms with E-state index < -0.39 is 6.55 Å². The summed E-state index contributed by atoms with van der Waals surface area (Å²) in [6.45, 7) is -0.284. The quantitative estimate of drug-likeness (QED) is 0.901. The zero-order valence-electron chi connectivity index (χ0n) is 10.4. The molecule has 2 aromatic rings. The molecule has 0 radical (unpaired) electrons. The van der Waals surface area contributed by atoms with Gasteiger partial charge in [0.25, 0.3) is 0 Å². The van der Waals surface area contributed by atoms with Crippen LogP contribution in [0.2, 0.25) is 0 Å². The molecule has 0 spiro atoms. The zero-order valence-corrected chi connectivity index (χ0v) is 11.9. The van der Waals surface area contributed by atoms with Gasteiger partial charge in [-0.15, -0.1) is 0 Å². The molecule has 1 N–H and O–H groups in total. The van der Waals surface area contributed by atoms with Crippen molar-refractivity contribution in [2.45, 2.75) is 26.1 Å². The number of halogens is 3. The second-order valence-electron chi connectivity index (χ2n) is 4.15. The Hall–Kier alpha value is -1.27. The minimum absolute atomic E-state index is 0.0402. The predicted octanol–water partition coefficient (Wildman–Crippen LogP) is 3.89. The van der Waals surface area contributed by atoms with Crippen molar-refractivity contribution in [2.75, 3.05) is 0 Å². The van der Waals surface area contributed by atoms with Gasteiger partial charge in [0.1, 0.15) is 5.82 Å². The molecule has 0 unspecified atom stereocenters. The molecule has 0 bridgehead atoms. The molecule has 0 saturated heterocycles. The van der Waals surface area contributed by atoms with Gasteiger partial charge in [-0.25, -0.2) is 4.98 Å². The Morgan fingerprint density at radius 1 is 1.37 bits per heavy atom. The topological polar surface area (TPSA) is 29.9 Å². The van der Waals surface area contributed by atoms with Gasteiger partial charge >= 0.3 is 6.55 Å². The molecule has 1 heterocycles. The number of rotatable bonds is 5. The van der Waals surface area contributed by atoms with Crippen LogP contribution in [0.5, 0.6) is 0 Å². The van der Waals surface area contributed by atoms with E-state index in [4.69, 9.17) is 0 Å². The van der Waals surface area contributed by atoms with Crippen molar-refractivity contribution in [1.82, 2.24) is 14.9 Å². The zero-order chi connectivity index (χ0) is 13.8. The minimum Gasteiger partial charge on any atom is -0.303 e. The number of nitrogens with zero attached hydrogens (tertiary/aromatic N) is 2. The van der Waals surface area contributed by atoms with Crippen LogP contribution >= 0.6 is 15.9 Å². The Morgan fingerprint density at radius 2 is 2.11 bits per heavy atom. The van der Waals surface area contributed by atoms with Gasteiger partial charge in [-0.2, -0.15) is 8.78 Å². The van der Waals surface area contributed by atoms with Crippen LogP contribution in [0.3, 0.4) is 0 Å². The average Bonchev–Trinajstić information content (AvgIpc) is 2.85. The molecule has 0 amide bonds. The van der Waals surface area contributed by atoms with E-state index in [2.05, 4.69) is 26.2 Å². The second-order valence-corrected chi connectivity index (χ2v) is 5.01. The van der Waals surface area contributed by atoms with Crippen molar-refractivity contribution in [1.29, 1.82) is 0 Å². The van der Waals surface area contributed by atoms with Crippen LogP contribution in [0.25, 0.3) is 0 Å². The van der Waals surface area contributed by atoms with E-state index in [9.17, 15) is 8.78 Å². The Bertz CT molecular complexity index is 542. The molecule has 19 heavy (non-hydrogen) atoms. The van der Waals surface area contributed by atoms with E-state index in [1.165, 1.54) is 12.4 Å². The van der Waals surface area contributed by atoms with Crippen LogP contribution in [0.15, 0.2) is 41.1 Å². The molecule has 3 nitrogen and oxygen atoms in total. The lowest BCUT2D eigenvalue weighted by molar-refractivity contribution is 0.0665. The number of imidazole rings is 1. The maximum atomic E-state index is 12.7. The maximum absolute atomic E-state index is 12.7. The summed E-state index contributed by atoms with van der Waals surface area (Å²) in [4.78, 5) is 3.93. The van der Waals surface area contributed by atoms with Crippen molar-refractivity contribution in [3.63, 3.8) is 0 Å². The van der Waals surface area contributed by atoms with E-state index in [-0.39, 0.29) is 6.04 Å². The molecule has 2 rings (SSSR count). The van der Waals surface area contributed by atoms with E-state index in [1.807, 2.05) is 31.2 Å². The predicted molar refractivity (Wildman–Crippen MR) is 72.9 cm³/mol. The molecule has 0 fully saturated rings. The highest BCUT2D eigenvalue weighted by molar-refractivity contribution is 9.10. The fourth-order valence-electron chi connectivity index (χ4n) is 1.84. The van der Waals surface area contributed by atoms with Gasteiger partial charge in [-0.3, -0.25) is 4.57 Å². The third kappa shape index (κ3) is 3.39. The van der Waals surface area contributed by atoms with E-state index in [0.717, 1.165) is 14.6 Å². The van der Waals surface area contributed by atoms with Gasteiger partial charge in [-0.1, -0.05) is 34.1 Å². The van der Waals surface area contributed by atoms with Crippen molar-refractivity contribution >= 4 is 15.9 Å². The highest BCUT2D eigenvalue weighted by atomic mass is 79.9. The standard InChI is InChI=1S/C13H14BrF2N3/c1-9(10-4-2-3-5-11(10)14)18-8-12-17-6-7-19(12)13(15)16/h2-7,9,13,18H,8H2,1H3/t9-/m0/s1. The van der Waals surface area contributed by atoms with E-state index in [0.29, 0.717) is 12.4 Å². The largest absolute Gasteiger partial charge is 0.319 e. The van der Waals surface area contributed by atoms with Crippen molar-refractivity contribution in [3.05, 3.63) is 52.5 Å². The second kappa shape index (κ2) is 6.25. The summed E-state index contributed by atoms with van der Waals surface area (Å²) in [6, 6.07) is 7.86. The van der Waals surface area contributed by atoms with Crippen molar-refractivity contribution in [3.8, 4) is 0 Å². The Morgan fingerprint density at radius 3 is 2.79 bits per heavy atom. The van der Waals surface area contributed by atoms with Crippen LogP contribution < -0.4 is 5.32 Å².